The number of ether oxygens (including phenoxy) is 1. The van der Waals surface area contributed by atoms with Crippen LogP contribution >= 0.6 is 11.6 Å². The second kappa shape index (κ2) is 10.2. The topological polar surface area (TPSA) is 47.6 Å². The predicted octanol–water partition coefficient (Wildman–Crippen LogP) is 4.17. The van der Waals surface area contributed by atoms with Crippen molar-refractivity contribution >= 4 is 28.7 Å². The highest BCUT2D eigenvalue weighted by Gasteiger charge is 2.22. The van der Waals surface area contributed by atoms with E-state index >= 15 is 0 Å². The Morgan fingerprint density at radius 2 is 1.85 bits per heavy atom. The van der Waals surface area contributed by atoms with Crippen molar-refractivity contribution in [3.63, 3.8) is 0 Å². The van der Waals surface area contributed by atoms with Crippen LogP contribution in [-0.2, 0) is 16.1 Å². The van der Waals surface area contributed by atoms with Gasteiger partial charge in [-0.05, 0) is 43.7 Å². The Kier molecular flexibility index (Phi) is 8.25. The van der Waals surface area contributed by atoms with E-state index in [0.717, 1.165) is 29.8 Å². The summed E-state index contributed by atoms with van der Waals surface area (Å²) >= 11 is 4.97. The molecule has 2 aromatic rings. The zero-order valence-electron chi connectivity index (χ0n) is 15.7. The van der Waals surface area contributed by atoms with Gasteiger partial charge in [-0.15, -0.1) is 0 Å². The van der Waals surface area contributed by atoms with E-state index in [4.69, 9.17) is 16.3 Å². The average Bonchev–Trinajstić information content (AvgIpc) is 2.65. The normalized spacial score (nSPS) is 14.7. The van der Waals surface area contributed by atoms with Gasteiger partial charge in [0.05, 0.1) is 36.2 Å². The number of nitrogens with one attached hydrogen (secondary N) is 1. The number of rotatable bonds is 9. The van der Waals surface area contributed by atoms with Gasteiger partial charge in [0.2, 0.25) is 0 Å². The molecule has 142 valence electrons. The zero-order chi connectivity index (χ0) is 19.1. The van der Waals surface area contributed by atoms with E-state index in [2.05, 4.69) is 18.3 Å². The third kappa shape index (κ3) is 5.63. The summed E-state index contributed by atoms with van der Waals surface area (Å²) in [5, 5.41) is 4.33. The van der Waals surface area contributed by atoms with Gasteiger partial charge in [0.15, 0.2) is 0 Å². The number of methoxy groups -OCH3 is 1. The minimum Gasteiger partial charge on any atom is -0.593 e. The highest BCUT2D eigenvalue weighted by atomic mass is 35.5. The lowest BCUT2D eigenvalue weighted by molar-refractivity contribution is 0.110. The zero-order valence-corrected chi connectivity index (χ0v) is 17.3. The van der Waals surface area contributed by atoms with Crippen molar-refractivity contribution in [1.29, 1.82) is 0 Å². The van der Waals surface area contributed by atoms with Gasteiger partial charge < -0.3 is 14.6 Å². The van der Waals surface area contributed by atoms with Gasteiger partial charge in [-0.1, -0.05) is 41.9 Å². The van der Waals surface area contributed by atoms with E-state index in [1.807, 2.05) is 49.5 Å². The van der Waals surface area contributed by atoms with Gasteiger partial charge in [-0.25, -0.2) is 0 Å². The van der Waals surface area contributed by atoms with E-state index in [1.54, 1.807) is 17.7 Å². The maximum absolute atomic E-state index is 12.0. The first-order valence-electron chi connectivity index (χ1n) is 8.62. The maximum Gasteiger partial charge on any atom is 0.121 e. The molecule has 0 aromatic heterocycles. The Morgan fingerprint density at radius 3 is 2.46 bits per heavy atom. The molecule has 3 unspecified atom stereocenters. The van der Waals surface area contributed by atoms with Crippen LogP contribution in [0.1, 0.15) is 30.5 Å². The first-order chi connectivity index (χ1) is 12.4. The smallest absolute Gasteiger partial charge is 0.121 e. The fourth-order valence-electron chi connectivity index (χ4n) is 2.77. The molecule has 0 amide bonds. The van der Waals surface area contributed by atoms with Gasteiger partial charge in [-0.3, -0.25) is 0 Å². The molecule has 0 bridgehead atoms. The van der Waals surface area contributed by atoms with Gasteiger partial charge >= 0.3 is 0 Å². The van der Waals surface area contributed by atoms with Crippen LogP contribution in [0.5, 0.6) is 0 Å². The molecule has 0 aliphatic heterocycles. The molecule has 0 heterocycles. The third-order valence-electron chi connectivity index (χ3n) is 4.48. The fraction of sp³-hybridized carbons (Fsp3) is 0.400. The standard InChI is InChI=1S/C20H27ClN2O2S/c1-15(25-3)13-14-22-20(16-9-11-17(21)12-10-16)18-7-5-6-8-19(18)23(2)26(4)24/h5-12,15,20,22H,13-14H2,1-4H3. The van der Waals surface area contributed by atoms with Crippen LogP contribution in [0, 0.1) is 0 Å². The lowest BCUT2D eigenvalue weighted by Crippen LogP contribution is -2.30. The predicted molar refractivity (Wildman–Crippen MR) is 111 cm³/mol. The largest absolute Gasteiger partial charge is 0.593 e. The number of anilines is 1. The SMILES string of the molecule is COC(C)CCNC(c1ccc(Cl)cc1)c1ccccc1N(C)[S+](C)[O-]. The third-order valence-corrected chi connectivity index (χ3v) is 5.70. The van der Waals surface area contributed by atoms with Crippen molar-refractivity contribution in [2.24, 2.45) is 0 Å². The molecular formula is C20H27ClN2O2S. The van der Waals surface area contributed by atoms with Crippen LogP contribution in [0.25, 0.3) is 0 Å². The molecule has 0 radical (unpaired) electrons. The summed E-state index contributed by atoms with van der Waals surface area (Å²) in [6, 6.07) is 15.9. The van der Waals surface area contributed by atoms with E-state index in [0.29, 0.717) is 5.02 Å². The minimum atomic E-state index is -1.10. The van der Waals surface area contributed by atoms with E-state index in [1.165, 1.54) is 0 Å². The van der Waals surface area contributed by atoms with E-state index in [-0.39, 0.29) is 12.1 Å². The summed E-state index contributed by atoms with van der Waals surface area (Å²) < 4.78 is 19.2. The van der Waals surface area contributed by atoms with Crippen molar-refractivity contribution in [1.82, 2.24) is 5.32 Å². The first kappa shape index (κ1) is 21.1. The van der Waals surface area contributed by atoms with Crippen LogP contribution in [-0.4, -0.2) is 37.6 Å². The van der Waals surface area contributed by atoms with Crippen LogP contribution in [0.3, 0.4) is 0 Å². The molecule has 26 heavy (non-hydrogen) atoms. The van der Waals surface area contributed by atoms with Crippen molar-refractivity contribution in [3.8, 4) is 0 Å². The molecule has 0 saturated heterocycles. The molecule has 0 fully saturated rings. The molecule has 0 aliphatic carbocycles. The molecule has 1 N–H and O–H groups in total. The molecule has 0 saturated carbocycles. The Labute approximate surface area is 164 Å². The Hall–Kier alpha value is -1.24. The number of benzene rings is 2. The molecule has 0 spiro atoms. The van der Waals surface area contributed by atoms with Crippen molar-refractivity contribution in [2.45, 2.75) is 25.5 Å². The minimum absolute atomic E-state index is 0.0291. The molecule has 6 heteroatoms. The molecular weight excluding hydrogens is 368 g/mol. The quantitative estimate of drug-likeness (QED) is 0.648. The van der Waals surface area contributed by atoms with Gasteiger partial charge in [0, 0.05) is 17.7 Å². The summed E-state index contributed by atoms with van der Waals surface area (Å²) in [6.45, 7) is 2.86. The average molecular weight is 395 g/mol. The Morgan fingerprint density at radius 1 is 1.19 bits per heavy atom. The highest BCUT2D eigenvalue weighted by molar-refractivity contribution is 7.92. The summed E-state index contributed by atoms with van der Waals surface area (Å²) in [5.74, 6) is 0. The van der Waals surface area contributed by atoms with Gasteiger partial charge in [0.1, 0.15) is 6.26 Å². The monoisotopic (exact) mass is 394 g/mol. The van der Waals surface area contributed by atoms with Crippen molar-refractivity contribution < 1.29 is 9.29 Å². The van der Waals surface area contributed by atoms with Crippen LogP contribution in [0.15, 0.2) is 48.5 Å². The summed E-state index contributed by atoms with van der Waals surface area (Å²) in [6.07, 6.45) is 2.77. The lowest BCUT2D eigenvalue weighted by Gasteiger charge is -2.27. The molecule has 2 rings (SSSR count). The van der Waals surface area contributed by atoms with Gasteiger partial charge in [0.25, 0.3) is 0 Å². The number of halogens is 1. The van der Waals surface area contributed by atoms with Crippen LogP contribution in [0.2, 0.25) is 5.02 Å². The molecule has 2 aromatic carbocycles. The molecule has 0 aliphatic rings. The van der Waals surface area contributed by atoms with Crippen molar-refractivity contribution in [2.75, 3.05) is 31.3 Å². The molecule has 3 atom stereocenters. The number of hydrogen-bond acceptors (Lipinski definition) is 4. The van der Waals surface area contributed by atoms with Crippen LogP contribution < -0.4 is 9.62 Å². The Balaban J connectivity index is 2.36. The molecule has 4 nitrogen and oxygen atoms in total. The maximum atomic E-state index is 12.0. The Bertz CT molecular complexity index is 682. The van der Waals surface area contributed by atoms with Crippen LogP contribution in [0.4, 0.5) is 5.69 Å². The number of para-hydroxylation sites is 1. The summed E-state index contributed by atoms with van der Waals surface area (Å²) in [7, 11) is 3.57. The first-order valence-corrected chi connectivity index (χ1v) is 10.5. The van der Waals surface area contributed by atoms with E-state index in [9.17, 15) is 4.55 Å². The summed E-state index contributed by atoms with van der Waals surface area (Å²) in [4.78, 5) is 0. The lowest BCUT2D eigenvalue weighted by atomic mass is 9.96. The second-order valence-electron chi connectivity index (χ2n) is 6.25. The number of hydrogen-bond donors (Lipinski definition) is 1. The number of nitrogens with zero attached hydrogens (tertiary/aromatic N) is 1. The highest BCUT2D eigenvalue weighted by Crippen LogP contribution is 2.32. The van der Waals surface area contributed by atoms with E-state index < -0.39 is 11.4 Å². The second-order valence-corrected chi connectivity index (χ2v) is 8.09. The fourth-order valence-corrected chi connectivity index (χ4v) is 3.34. The van der Waals surface area contributed by atoms with Crippen molar-refractivity contribution in [3.05, 3.63) is 64.7 Å². The summed E-state index contributed by atoms with van der Waals surface area (Å²) in [5.41, 5.74) is 3.14. The van der Waals surface area contributed by atoms with Gasteiger partial charge in [-0.2, -0.15) is 4.31 Å².